The normalized spacial score (nSPS) is 12.5. The molecule has 1 aliphatic heterocycles. The molecule has 35 heavy (non-hydrogen) atoms. The molecule has 0 aliphatic carbocycles. The number of ether oxygens (including phenoxy) is 1. The minimum atomic E-state index is -0.676. The molecule has 12 heteroatoms. The van der Waals surface area contributed by atoms with E-state index >= 15 is 0 Å². The summed E-state index contributed by atoms with van der Waals surface area (Å²) in [4.78, 5) is 36.5. The van der Waals surface area contributed by atoms with Gasteiger partial charge in [0.15, 0.2) is 11.7 Å². The van der Waals surface area contributed by atoms with Gasteiger partial charge in [-0.3, -0.25) is 19.8 Å². The topological polar surface area (TPSA) is 138 Å². The van der Waals surface area contributed by atoms with Crippen molar-refractivity contribution in [1.82, 2.24) is 5.43 Å². The summed E-state index contributed by atoms with van der Waals surface area (Å²) in [6.45, 7) is -0.223. The predicted molar refractivity (Wildman–Crippen MR) is 135 cm³/mol. The van der Waals surface area contributed by atoms with Gasteiger partial charge in [-0.05, 0) is 42.5 Å². The van der Waals surface area contributed by atoms with Crippen molar-refractivity contribution in [1.29, 1.82) is 0 Å². The molecular weight excluding hydrogens is 472 g/mol. The van der Waals surface area contributed by atoms with E-state index in [0.717, 1.165) is 5.69 Å². The summed E-state index contributed by atoms with van der Waals surface area (Å²) in [5.41, 5.74) is 3.88. The van der Waals surface area contributed by atoms with Gasteiger partial charge < -0.3 is 15.4 Å². The Labute approximate surface area is 204 Å². The van der Waals surface area contributed by atoms with Gasteiger partial charge in [0, 0.05) is 23.5 Å². The molecular formula is C23H18N6O5S. The standard InChI is InChI=1S/C23H18N6O5S/c30-21-14-34-20-12-17(10-11-19(20)28(21)23(35)26-16-7-2-1-3-8-16)25-22(31)27-24-13-15-6-4-5-9-18(15)29(32)33/h1-13H,14H2,(H,26,35)(H2,25,27,31)/b24-13-. The van der Waals surface area contributed by atoms with E-state index in [1.165, 1.54) is 29.3 Å². The summed E-state index contributed by atoms with van der Waals surface area (Å²) in [7, 11) is 0. The number of carbonyl (C=O) groups excluding carboxylic acids is 2. The Morgan fingerprint density at radius 1 is 1.06 bits per heavy atom. The van der Waals surface area contributed by atoms with Crippen molar-refractivity contribution in [2.24, 2.45) is 5.10 Å². The SMILES string of the molecule is O=C(N/N=C\c1ccccc1[N+](=O)[O-])Nc1ccc2c(c1)OCC(=O)N2C(=S)Nc1ccccc1. The number of rotatable bonds is 5. The van der Waals surface area contributed by atoms with Crippen LogP contribution in [0.4, 0.5) is 27.5 Å². The van der Waals surface area contributed by atoms with Crippen LogP contribution in [-0.2, 0) is 4.79 Å². The van der Waals surface area contributed by atoms with Crippen molar-refractivity contribution < 1.29 is 19.2 Å². The van der Waals surface area contributed by atoms with E-state index in [1.807, 2.05) is 30.3 Å². The highest BCUT2D eigenvalue weighted by molar-refractivity contribution is 7.80. The second kappa shape index (κ2) is 10.4. The minimum absolute atomic E-state index is 0.135. The van der Waals surface area contributed by atoms with E-state index in [-0.39, 0.29) is 28.9 Å². The first kappa shape index (κ1) is 23.3. The predicted octanol–water partition coefficient (Wildman–Crippen LogP) is 3.87. The number of anilines is 3. The van der Waals surface area contributed by atoms with Crippen LogP contribution < -0.4 is 25.7 Å². The maximum absolute atomic E-state index is 12.5. The second-order valence-corrected chi connectivity index (χ2v) is 7.52. The largest absolute Gasteiger partial charge is 0.481 e. The number of carbonyl (C=O) groups is 2. The van der Waals surface area contributed by atoms with Gasteiger partial charge in [0.1, 0.15) is 5.75 Å². The van der Waals surface area contributed by atoms with Crippen LogP contribution >= 0.6 is 12.2 Å². The Morgan fingerprint density at radius 3 is 2.57 bits per heavy atom. The summed E-state index contributed by atoms with van der Waals surface area (Å²) < 4.78 is 5.52. The van der Waals surface area contributed by atoms with Gasteiger partial charge in [0.2, 0.25) is 0 Å². The number of nitro groups is 1. The van der Waals surface area contributed by atoms with Crippen molar-refractivity contribution in [2.75, 3.05) is 22.1 Å². The molecule has 3 aromatic rings. The van der Waals surface area contributed by atoms with Crippen LogP contribution in [0.3, 0.4) is 0 Å². The average Bonchev–Trinajstić information content (AvgIpc) is 2.84. The highest BCUT2D eigenvalue weighted by Gasteiger charge is 2.29. The minimum Gasteiger partial charge on any atom is -0.481 e. The van der Waals surface area contributed by atoms with Gasteiger partial charge in [0.25, 0.3) is 11.6 Å². The number of nitrogens with one attached hydrogen (secondary N) is 3. The molecule has 0 spiro atoms. The number of hydrogen-bond donors (Lipinski definition) is 3. The molecule has 176 valence electrons. The molecule has 0 saturated heterocycles. The quantitative estimate of drug-likeness (QED) is 0.214. The van der Waals surface area contributed by atoms with Crippen LogP contribution in [0.25, 0.3) is 0 Å². The molecule has 3 amide bonds. The van der Waals surface area contributed by atoms with Crippen molar-refractivity contribution in [3.05, 3.63) is 88.5 Å². The Kier molecular flexibility index (Phi) is 6.93. The molecule has 0 atom stereocenters. The van der Waals surface area contributed by atoms with Crippen molar-refractivity contribution in [2.45, 2.75) is 0 Å². The van der Waals surface area contributed by atoms with Crippen LogP contribution in [0.2, 0.25) is 0 Å². The number of urea groups is 1. The summed E-state index contributed by atoms with van der Waals surface area (Å²) >= 11 is 5.43. The zero-order chi connectivity index (χ0) is 24.8. The highest BCUT2D eigenvalue weighted by atomic mass is 32.1. The van der Waals surface area contributed by atoms with Crippen LogP contribution in [-0.4, -0.2) is 34.8 Å². The lowest BCUT2D eigenvalue weighted by Gasteiger charge is -2.30. The molecule has 3 N–H and O–H groups in total. The zero-order valence-corrected chi connectivity index (χ0v) is 18.8. The maximum atomic E-state index is 12.5. The van der Waals surface area contributed by atoms with E-state index in [0.29, 0.717) is 17.1 Å². The van der Waals surface area contributed by atoms with E-state index in [9.17, 15) is 19.7 Å². The molecule has 3 aromatic carbocycles. The van der Waals surface area contributed by atoms with Crippen LogP contribution in [0.15, 0.2) is 77.9 Å². The number of para-hydroxylation sites is 2. The van der Waals surface area contributed by atoms with Gasteiger partial charge in [-0.1, -0.05) is 30.3 Å². The van der Waals surface area contributed by atoms with E-state index < -0.39 is 11.0 Å². The number of nitrogens with zero attached hydrogens (tertiary/aromatic N) is 3. The number of nitro benzene ring substituents is 1. The molecule has 0 radical (unpaired) electrons. The lowest BCUT2D eigenvalue weighted by molar-refractivity contribution is -0.385. The Balaban J connectivity index is 1.43. The lowest BCUT2D eigenvalue weighted by Crippen LogP contribution is -2.45. The lowest BCUT2D eigenvalue weighted by atomic mass is 10.2. The number of benzene rings is 3. The summed E-state index contributed by atoms with van der Waals surface area (Å²) in [6.07, 6.45) is 1.18. The summed E-state index contributed by atoms with van der Waals surface area (Å²) in [5, 5.41) is 20.6. The fourth-order valence-electron chi connectivity index (χ4n) is 3.24. The van der Waals surface area contributed by atoms with E-state index in [2.05, 4.69) is 21.2 Å². The summed E-state index contributed by atoms with van der Waals surface area (Å²) in [6, 6.07) is 19.2. The molecule has 0 aromatic heterocycles. The number of hydrazone groups is 1. The smallest absolute Gasteiger partial charge is 0.339 e. The fourth-order valence-corrected chi connectivity index (χ4v) is 3.55. The molecule has 0 saturated carbocycles. The Morgan fingerprint density at radius 2 is 1.80 bits per heavy atom. The fraction of sp³-hybridized carbons (Fsp3) is 0.0435. The third kappa shape index (κ3) is 5.57. The molecule has 4 rings (SSSR count). The summed E-state index contributed by atoms with van der Waals surface area (Å²) in [5.74, 6) is 0.0109. The number of hydrogen-bond acceptors (Lipinski definition) is 7. The number of amides is 3. The monoisotopic (exact) mass is 490 g/mol. The first-order valence-corrected chi connectivity index (χ1v) is 10.6. The molecule has 11 nitrogen and oxygen atoms in total. The van der Waals surface area contributed by atoms with Gasteiger partial charge in [-0.2, -0.15) is 5.10 Å². The van der Waals surface area contributed by atoms with Gasteiger partial charge in [-0.25, -0.2) is 10.2 Å². The van der Waals surface area contributed by atoms with Crippen LogP contribution in [0.5, 0.6) is 5.75 Å². The highest BCUT2D eigenvalue weighted by Crippen LogP contribution is 2.35. The van der Waals surface area contributed by atoms with Crippen molar-refractivity contribution >= 4 is 58.2 Å². The first-order valence-electron chi connectivity index (χ1n) is 10.2. The van der Waals surface area contributed by atoms with Crippen molar-refractivity contribution in [3.8, 4) is 5.75 Å². The zero-order valence-electron chi connectivity index (χ0n) is 18.0. The molecule has 0 unspecified atom stereocenters. The third-order valence-corrected chi connectivity index (χ3v) is 5.08. The molecule has 1 heterocycles. The maximum Gasteiger partial charge on any atom is 0.339 e. The van der Waals surface area contributed by atoms with Crippen molar-refractivity contribution in [3.63, 3.8) is 0 Å². The van der Waals surface area contributed by atoms with E-state index in [4.69, 9.17) is 17.0 Å². The number of thiocarbonyl (C=S) groups is 1. The third-order valence-electron chi connectivity index (χ3n) is 4.79. The first-order chi connectivity index (χ1) is 16.9. The Bertz CT molecular complexity index is 1330. The average molecular weight is 491 g/mol. The van der Waals surface area contributed by atoms with Crippen LogP contribution in [0, 0.1) is 10.1 Å². The molecule has 1 aliphatic rings. The molecule has 0 fully saturated rings. The number of fused-ring (bicyclic) bond motifs is 1. The van der Waals surface area contributed by atoms with Gasteiger partial charge >= 0.3 is 6.03 Å². The van der Waals surface area contributed by atoms with Gasteiger partial charge in [0.05, 0.1) is 22.4 Å². The Hall–Kier alpha value is -4.84. The molecule has 0 bridgehead atoms. The van der Waals surface area contributed by atoms with Gasteiger partial charge in [-0.15, -0.1) is 0 Å². The van der Waals surface area contributed by atoms with Crippen LogP contribution in [0.1, 0.15) is 5.56 Å². The van der Waals surface area contributed by atoms with E-state index in [1.54, 1.807) is 24.3 Å². The second-order valence-electron chi connectivity index (χ2n) is 7.14.